The van der Waals surface area contributed by atoms with Crippen molar-refractivity contribution in [3.63, 3.8) is 0 Å². The first-order chi connectivity index (χ1) is 11.0. The molecule has 0 aliphatic carbocycles. The Kier molecular flexibility index (Phi) is 4.51. The van der Waals surface area contributed by atoms with Crippen LogP contribution in [-0.2, 0) is 14.8 Å². The first-order valence-corrected chi connectivity index (χ1v) is 9.60. The van der Waals surface area contributed by atoms with Crippen LogP contribution in [-0.4, -0.2) is 36.4 Å². The Labute approximate surface area is 138 Å². The monoisotopic (exact) mass is 355 g/mol. The Morgan fingerprint density at radius 3 is 2.96 bits per heavy atom. The maximum absolute atomic E-state index is 12.7. The molecule has 7 nitrogen and oxygen atoms in total. The highest BCUT2D eigenvalue weighted by Crippen LogP contribution is 2.28. The summed E-state index contributed by atoms with van der Waals surface area (Å²) >= 11 is 1.16. The van der Waals surface area contributed by atoms with E-state index in [9.17, 15) is 13.2 Å². The standard InChI is InChI=1S/C14H17N3O4S2/c1-10-9-12(16-21-10)15-14(18)11-5-2-3-7-17(11)23(19,20)13-6-4-8-22-13/h4,6,8-9,11H,2-3,5,7H2,1H3,(H,15,16,18)/t11-/m1/s1. The average molecular weight is 355 g/mol. The molecular weight excluding hydrogens is 338 g/mol. The first-order valence-electron chi connectivity index (χ1n) is 7.28. The lowest BCUT2D eigenvalue weighted by Gasteiger charge is -2.32. The highest BCUT2D eigenvalue weighted by Gasteiger charge is 2.38. The third kappa shape index (κ3) is 3.31. The number of rotatable bonds is 4. The second-order valence-electron chi connectivity index (χ2n) is 5.37. The molecule has 23 heavy (non-hydrogen) atoms. The number of thiophene rings is 1. The van der Waals surface area contributed by atoms with Gasteiger partial charge in [-0.2, -0.15) is 4.31 Å². The van der Waals surface area contributed by atoms with Crippen LogP contribution in [0.15, 0.2) is 32.3 Å². The van der Waals surface area contributed by atoms with Crippen molar-refractivity contribution in [3.05, 3.63) is 29.3 Å². The van der Waals surface area contributed by atoms with Crippen LogP contribution in [0.2, 0.25) is 0 Å². The maximum atomic E-state index is 12.7. The lowest BCUT2D eigenvalue weighted by Crippen LogP contribution is -2.49. The molecule has 3 rings (SSSR count). The second kappa shape index (κ2) is 6.42. The third-order valence-corrected chi connectivity index (χ3v) is 6.97. The van der Waals surface area contributed by atoms with Crippen molar-refractivity contribution in [2.45, 2.75) is 36.4 Å². The number of hydrogen-bond donors (Lipinski definition) is 1. The quantitative estimate of drug-likeness (QED) is 0.908. The summed E-state index contributed by atoms with van der Waals surface area (Å²) in [6.07, 6.45) is 2.05. The molecule has 0 radical (unpaired) electrons. The van der Waals surface area contributed by atoms with E-state index in [-0.39, 0.29) is 10.1 Å². The fourth-order valence-electron chi connectivity index (χ4n) is 2.62. The van der Waals surface area contributed by atoms with E-state index in [1.165, 1.54) is 4.31 Å². The second-order valence-corrected chi connectivity index (χ2v) is 8.44. The number of carbonyl (C=O) groups is 1. The minimum atomic E-state index is -3.65. The molecule has 1 aliphatic heterocycles. The topological polar surface area (TPSA) is 92.5 Å². The molecule has 3 heterocycles. The molecule has 124 valence electrons. The van der Waals surface area contributed by atoms with Gasteiger partial charge in [-0.25, -0.2) is 8.42 Å². The Balaban J connectivity index is 1.82. The lowest BCUT2D eigenvalue weighted by molar-refractivity contribution is -0.120. The molecule has 1 N–H and O–H groups in total. The molecular formula is C14H17N3O4S2. The normalized spacial score (nSPS) is 19.6. The number of piperidine rings is 1. The van der Waals surface area contributed by atoms with Crippen LogP contribution in [0.5, 0.6) is 0 Å². The van der Waals surface area contributed by atoms with E-state index in [2.05, 4.69) is 10.5 Å². The van der Waals surface area contributed by atoms with Gasteiger partial charge in [0.1, 0.15) is 16.0 Å². The number of sulfonamides is 1. The number of amides is 1. The van der Waals surface area contributed by atoms with Crippen molar-refractivity contribution in [1.82, 2.24) is 9.46 Å². The van der Waals surface area contributed by atoms with E-state index in [1.54, 1.807) is 30.5 Å². The summed E-state index contributed by atoms with van der Waals surface area (Å²) in [5, 5.41) is 8.06. The number of nitrogens with one attached hydrogen (secondary N) is 1. The summed E-state index contributed by atoms with van der Waals surface area (Å²) in [5.74, 6) is 0.497. The van der Waals surface area contributed by atoms with Crippen molar-refractivity contribution in [1.29, 1.82) is 0 Å². The molecule has 0 bridgehead atoms. The molecule has 1 atom stereocenters. The molecule has 1 fully saturated rings. The van der Waals surface area contributed by atoms with Crippen molar-refractivity contribution in [2.24, 2.45) is 0 Å². The van der Waals surface area contributed by atoms with E-state index >= 15 is 0 Å². The van der Waals surface area contributed by atoms with E-state index in [0.29, 0.717) is 24.5 Å². The molecule has 0 saturated carbocycles. The van der Waals surface area contributed by atoms with Crippen molar-refractivity contribution >= 4 is 33.1 Å². The molecule has 9 heteroatoms. The highest BCUT2D eigenvalue weighted by molar-refractivity contribution is 7.91. The molecule has 0 aromatic carbocycles. The zero-order valence-corrected chi connectivity index (χ0v) is 14.2. The summed E-state index contributed by atoms with van der Waals surface area (Å²) in [7, 11) is -3.65. The van der Waals surface area contributed by atoms with Gasteiger partial charge in [0.05, 0.1) is 0 Å². The van der Waals surface area contributed by atoms with Gasteiger partial charge in [-0.15, -0.1) is 11.3 Å². The molecule has 1 amide bonds. The summed E-state index contributed by atoms with van der Waals surface area (Å²) in [6.45, 7) is 2.06. The van der Waals surface area contributed by atoms with Gasteiger partial charge in [0.15, 0.2) is 5.82 Å². The fourth-order valence-corrected chi connectivity index (χ4v) is 5.39. The van der Waals surface area contributed by atoms with Crippen molar-refractivity contribution in [2.75, 3.05) is 11.9 Å². The summed E-state index contributed by atoms with van der Waals surface area (Å²) in [5.41, 5.74) is 0. The van der Waals surface area contributed by atoms with Gasteiger partial charge in [-0.3, -0.25) is 4.79 Å². The van der Waals surface area contributed by atoms with Crippen LogP contribution < -0.4 is 5.32 Å². The van der Waals surface area contributed by atoms with Crippen LogP contribution in [0.3, 0.4) is 0 Å². The first kappa shape index (κ1) is 16.2. The third-order valence-electron chi connectivity index (χ3n) is 3.69. The van der Waals surface area contributed by atoms with E-state index < -0.39 is 16.1 Å². The van der Waals surface area contributed by atoms with E-state index in [0.717, 1.165) is 24.2 Å². The van der Waals surface area contributed by atoms with Crippen LogP contribution in [0.1, 0.15) is 25.0 Å². The maximum Gasteiger partial charge on any atom is 0.253 e. The number of anilines is 1. The van der Waals surface area contributed by atoms with Gasteiger partial charge in [0.25, 0.3) is 10.0 Å². The van der Waals surface area contributed by atoms with Crippen LogP contribution in [0.4, 0.5) is 5.82 Å². The lowest BCUT2D eigenvalue weighted by atomic mass is 10.0. The number of aryl methyl sites for hydroxylation is 1. The van der Waals surface area contributed by atoms with Crippen molar-refractivity contribution in [3.8, 4) is 0 Å². The number of aromatic nitrogens is 1. The van der Waals surface area contributed by atoms with Crippen molar-refractivity contribution < 1.29 is 17.7 Å². The average Bonchev–Trinajstić information content (AvgIpc) is 3.19. The number of hydrogen-bond acceptors (Lipinski definition) is 6. The minimum absolute atomic E-state index is 0.259. The Morgan fingerprint density at radius 2 is 2.30 bits per heavy atom. The SMILES string of the molecule is Cc1cc(NC(=O)[C@H]2CCCCN2S(=O)(=O)c2cccs2)no1. The molecule has 0 unspecified atom stereocenters. The molecule has 2 aromatic heterocycles. The van der Waals surface area contributed by atoms with Gasteiger partial charge < -0.3 is 9.84 Å². The summed E-state index contributed by atoms with van der Waals surface area (Å²) in [4.78, 5) is 12.5. The molecule has 1 aliphatic rings. The number of carbonyl (C=O) groups excluding carboxylic acids is 1. The van der Waals surface area contributed by atoms with Gasteiger partial charge >= 0.3 is 0 Å². The van der Waals surface area contributed by atoms with Gasteiger partial charge in [-0.05, 0) is 31.2 Å². The van der Waals surface area contributed by atoms with E-state index in [1.807, 2.05) is 0 Å². The highest BCUT2D eigenvalue weighted by atomic mass is 32.2. The predicted molar refractivity (Wildman–Crippen MR) is 85.7 cm³/mol. The zero-order valence-electron chi connectivity index (χ0n) is 12.6. The zero-order chi connectivity index (χ0) is 16.4. The minimum Gasteiger partial charge on any atom is -0.360 e. The molecule has 0 spiro atoms. The molecule has 1 saturated heterocycles. The fraction of sp³-hybridized carbons (Fsp3) is 0.429. The van der Waals surface area contributed by atoms with Gasteiger partial charge in [0, 0.05) is 12.6 Å². The predicted octanol–water partition coefficient (Wildman–Crippen LogP) is 2.23. The summed E-state index contributed by atoms with van der Waals surface area (Å²) in [6, 6.07) is 4.12. The van der Waals surface area contributed by atoms with E-state index in [4.69, 9.17) is 4.52 Å². The number of nitrogens with zero attached hydrogens (tertiary/aromatic N) is 2. The largest absolute Gasteiger partial charge is 0.360 e. The summed E-state index contributed by atoms with van der Waals surface area (Å²) < 4.78 is 31.9. The molecule has 2 aromatic rings. The van der Waals surface area contributed by atoms with Gasteiger partial charge in [0.2, 0.25) is 5.91 Å². The Hall–Kier alpha value is -1.71. The van der Waals surface area contributed by atoms with Gasteiger partial charge in [-0.1, -0.05) is 17.6 Å². The smallest absolute Gasteiger partial charge is 0.253 e. The Morgan fingerprint density at radius 1 is 1.48 bits per heavy atom. The Bertz CT molecular complexity index is 783. The van der Waals surface area contributed by atoms with Crippen LogP contribution in [0, 0.1) is 6.92 Å². The van der Waals surface area contributed by atoms with Crippen LogP contribution in [0.25, 0.3) is 0 Å². The van der Waals surface area contributed by atoms with Crippen LogP contribution >= 0.6 is 11.3 Å².